The van der Waals surface area contributed by atoms with Crippen molar-refractivity contribution in [3.8, 4) is 5.75 Å². The van der Waals surface area contributed by atoms with Crippen LogP contribution in [0.2, 0.25) is 0 Å². The summed E-state index contributed by atoms with van der Waals surface area (Å²) in [5.41, 5.74) is 1.04. The molecule has 1 aromatic heterocycles. The van der Waals surface area contributed by atoms with Crippen LogP contribution in [0.25, 0.3) is 0 Å². The fraction of sp³-hybridized carbons (Fsp3) is 0.333. The first-order valence-electron chi connectivity index (χ1n) is 11.2. The molecule has 2 saturated heterocycles. The number of benzene rings is 2. The summed E-state index contributed by atoms with van der Waals surface area (Å²) in [6, 6.07) is 12.4. The summed E-state index contributed by atoms with van der Waals surface area (Å²) >= 11 is 1.10. The lowest BCUT2D eigenvalue weighted by atomic mass is 10.0. The number of halogens is 1. The Bertz CT molecular complexity index is 1190. The Kier molecular flexibility index (Phi) is 6.71. The highest BCUT2D eigenvalue weighted by atomic mass is 32.1. The summed E-state index contributed by atoms with van der Waals surface area (Å²) in [6.45, 7) is 2.52. The number of likely N-dealkylation sites (tertiary alicyclic amines) is 1. The minimum Gasteiger partial charge on any atom is -0.486 e. The standard InChI is InChI=1S/C24H23FN4O5S/c25-17-3-5-18(6-4-17)26-21(30)22-28-27-20(35-22)15-32-19-7-1-16(2-8-19)23(31)29-11-9-24(10-12-29)33-13-14-34-24/h1-8H,9-15H2,(H,26,30). The third-order valence-electron chi connectivity index (χ3n) is 5.85. The van der Waals surface area contributed by atoms with Crippen molar-refractivity contribution in [3.05, 3.63) is 69.9 Å². The van der Waals surface area contributed by atoms with Crippen molar-refractivity contribution in [1.29, 1.82) is 0 Å². The first-order valence-corrected chi connectivity index (χ1v) is 12.0. The van der Waals surface area contributed by atoms with Crippen molar-refractivity contribution >= 4 is 28.8 Å². The third kappa shape index (κ3) is 5.47. The van der Waals surface area contributed by atoms with E-state index in [1.54, 1.807) is 24.3 Å². The molecular weight excluding hydrogens is 475 g/mol. The summed E-state index contributed by atoms with van der Waals surface area (Å²) in [7, 11) is 0. The predicted molar refractivity (Wildman–Crippen MR) is 125 cm³/mol. The molecule has 11 heteroatoms. The monoisotopic (exact) mass is 498 g/mol. The molecule has 0 radical (unpaired) electrons. The fourth-order valence-electron chi connectivity index (χ4n) is 3.98. The number of amides is 2. The van der Waals surface area contributed by atoms with Gasteiger partial charge in [-0.05, 0) is 48.5 Å². The van der Waals surface area contributed by atoms with E-state index < -0.39 is 11.7 Å². The number of ether oxygens (including phenoxy) is 3. The van der Waals surface area contributed by atoms with Crippen LogP contribution in [0.5, 0.6) is 5.75 Å². The molecule has 0 aliphatic carbocycles. The van der Waals surface area contributed by atoms with Gasteiger partial charge in [0.15, 0.2) is 10.8 Å². The van der Waals surface area contributed by atoms with Crippen LogP contribution in [0, 0.1) is 5.82 Å². The number of hydrogen-bond acceptors (Lipinski definition) is 8. The summed E-state index contributed by atoms with van der Waals surface area (Å²) in [6.07, 6.45) is 1.34. The van der Waals surface area contributed by atoms with E-state index in [1.807, 2.05) is 4.90 Å². The molecule has 5 rings (SSSR count). The van der Waals surface area contributed by atoms with Crippen molar-refractivity contribution in [3.63, 3.8) is 0 Å². The van der Waals surface area contributed by atoms with E-state index in [4.69, 9.17) is 14.2 Å². The van der Waals surface area contributed by atoms with Crippen LogP contribution in [-0.2, 0) is 16.1 Å². The molecule has 3 aromatic rings. The summed E-state index contributed by atoms with van der Waals surface area (Å²) < 4.78 is 30.2. The maximum absolute atomic E-state index is 13.0. The van der Waals surface area contributed by atoms with Gasteiger partial charge in [0.2, 0.25) is 5.01 Å². The highest BCUT2D eigenvalue weighted by Gasteiger charge is 2.40. The largest absolute Gasteiger partial charge is 0.486 e. The number of piperidine rings is 1. The molecule has 182 valence electrons. The number of hydrogen-bond donors (Lipinski definition) is 1. The average molecular weight is 499 g/mol. The van der Waals surface area contributed by atoms with Gasteiger partial charge in [0.05, 0.1) is 13.2 Å². The summed E-state index contributed by atoms with van der Waals surface area (Å²) in [5, 5.41) is 11.2. The van der Waals surface area contributed by atoms with Gasteiger partial charge in [0.25, 0.3) is 11.8 Å². The Morgan fingerprint density at radius 1 is 1.03 bits per heavy atom. The van der Waals surface area contributed by atoms with Crippen LogP contribution < -0.4 is 10.1 Å². The lowest BCUT2D eigenvalue weighted by Gasteiger charge is -2.37. The van der Waals surface area contributed by atoms with Crippen LogP contribution in [-0.4, -0.2) is 59.0 Å². The molecule has 2 aromatic carbocycles. The van der Waals surface area contributed by atoms with E-state index in [1.165, 1.54) is 24.3 Å². The van der Waals surface area contributed by atoms with Crippen molar-refractivity contribution in [2.45, 2.75) is 25.2 Å². The second kappa shape index (κ2) is 10.1. The molecule has 0 saturated carbocycles. The zero-order valence-corrected chi connectivity index (χ0v) is 19.6. The molecule has 2 fully saturated rings. The van der Waals surface area contributed by atoms with E-state index in [2.05, 4.69) is 15.5 Å². The smallest absolute Gasteiger partial charge is 0.286 e. The second-order valence-electron chi connectivity index (χ2n) is 8.17. The van der Waals surface area contributed by atoms with E-state index >= 15 is 0 Å². The SMILES string of the molecule is O=C(Nc1ccc(F)cc1)c1nnc(COc2ccc(C(=O)N3CCC4(CC3)OCCO4)cc2)s1. The predicted octanol–water partition coefficient (Wildman–Crippen LogP) is 3.49. The van der Waals surface area contributed by atoms with Crippen LogP contribution in [0.4, 0.5) is 10.1 Å². The van der Waals surface area contributed by atoms with Gasteiger partial charge in [-0.15, -0.1) is 10.2 Å². The molecule has 1 spiro atoms. The van der Waals surface area contributed by atoms with Gasteiger partial charge < -0.3 is 24.4 Å². The van der Waals surface area contributed by atoms with Gasteiger partial charge in [-0.3, -0.25) is 9.59 Å². The molecule has 2 amide bonds. The Labute approximate surface area is 204 Å². The van der Waals surface area contributed by atoms with Crippen LogP contribution in [0.1, 0.15) is 38.0 Å². The van der Waals surface area contributed by atoms with Crippen molar-refractivity contribution in [1.82, 2.24) is 15.1 Å². The quantitative estimate of drug-likeness (QED) is 0.555. The number of aromatic nitrogens is 2. The average Bonchev–Trinajstić information content (AvgIpc) is 3.55. The molecule has 0 unspecified atom stereocenters. The van der Waals surface area contributed by atoms with E-state index in [9.17, 15) is 14.0 Å². The summed E-state index contributed by atoms with van der Waals surface area (Å²) in [5.74, 6) is -0.798. The van der Waals surface area contributed by atoms with Crippen molar-refractivity contribution < 1.29 is 28.2 Å². The molecule has 0 bridgehead atoms. The molecule has 2 aliphatic rings. The lowest BCUT2D eigenvalue weighted by Crippen LogP contribution is -2.47. The minimum atomic E-state index is -0.513. The maximum Gasteiger partial charge on any atom is 0.286 e. The number of rotatable bonds is 6. The van der Waals surface area contributed by atoms with Gasteiger partial charge in [0.1, 0.15) is 18.2 Å². The van der Waals surface area contributed by atoms with E-state index in [0.29, 0.717) is 61.2 Å². The van der Waals surface area contributed by atoms with Gasteiger partial charge in [-0.1, -0.05) is 11.3 Å². The molecule has 2 aliphatic heterocycles. The number of carbonyl (C=O) groups excluding carboxylic acids is 2. The first-order chi connectivity index (χ1) is 17.0. The molecule has 1 N–H and O–H groups in total. The number of carbonyl (C=O) groups is 2. The van der Waals surface area contributed by atoms with E-state index in [-0.39, 0.29) is 23.3 Å². The van der Waals surface area contributed by atoms with Gasteiger partial charge in [0, 0.05) is 37.2 Å². The Morgan fingerprint density at radius 3 is 2.40 bits per heavy atom. The Hall–Kier alpha value is -3.41. The van der Waals surface area contributed by atoms with Gasteiger partial charge >= 0.3 is 0 Å². The molecular formula is C24H23FN4O5S. The summed E-state index contributed by atoms with van der Waals surface area (Å²) in [4.78, 5) is 27.0. The fourth-order valence-corrected chi connectivity index (χ4v) is 4.63. The van der Waals surface area contributed by atoms with Gasteiger partial charge in [-0.2, -0.15) is 0 Å². The molecule has 9 nitrogen and oxygen atoms in total. The topological polar surface area (TPSA) is 103 Å². The van der Waals surface area contributed by atoms with E-state index in [0.717, 1.165) is 11.3 Å². The molecule has 0 atom stereocenters. The highest BCUT2D eigenvalue weighted by Crippen LogP contribution is 2.31. The van der Waals surface area contributed by atoms with Crippen molar-refractivity contribution in [2.24, 2.45) is 0 Å². The lowest BCUT2D eigenvalue weighted by molar-refractivity contribution is -0.181. The number of anilines is 1. The second-order valence-corrected chi connectivity index (χ2v) is 9.24. The van der Waals surface area contributed by atoms with Crippen LogP contribution in [0.15, 0.2) is 48.5 Å². The minimum absolute atomic E-state index is 0.0367. The number of nitrogens with zero attached hydrogens (tertiary/aromatic N) is 3. The highest BCUT2D eigenvalue weighted by molar-refractivity contribution is 7.13. The Balaban J connectivity index is 1.11. The van der Waals surface area contributed by atoms with Gasteiger partial charge in [-0.25, -0.2) is 4.39 Å². The Morgan fingerprint density at radius 2 is 1.71 bits per heavy atom. The van der Waals surface area contributed by atoms with Crippen LogP contribution >= 0.6 is 11.3 Å². The zero-order chi connectivity index (χ0) is 24.3. The maximum atomic E-state index is 13.0. The van der Waals surface area contributed by atoms with Crippen LogP contribution in [0.3, 0.4) is 0 Å². The molecule has 3 heterocycles. The zero-order valence-electron chi connectivity index (χ0n) is 18.7. The normalized spacial score (nSPS) is 16.9. The van der Waals surface area contributed by atoms with Crippen molar-refractivity contribution in [2.75, 3.05) is 31.6 Å². The number of nitrogens with one attached hydrogen (secondary N) is 1. The molecule has 35 heavy (non-hydrogen) atoms. The third-order valence-corrected chi connectivity index (χ3v) is 6.75. The first kappa shape index (κ1) is 23.3.